The Morgan fingerprint density at radius 2 is 2.22 bits per heavy atom. The van der Waals surface area contributed by atoms with Crippen molar-refractivity contribution in [3.8, 4) is 11.3 Å². The van der Waals surface area contributed by atoms with Crippen molar-refractivity contribution in [2.24, 2.45) is 0 Å². The largest absolute Gasteiger partial charge is 0.316 e. The zero-order valence-corrected chi connectivity index (χ0v) is 10.1. The van der Waals surface area contributed by atoms with Crippen LogP contribution in [0.25, 0.3) is 11.3 Å². The third-order valence-corrected chi connectivity index (χ3v) is 3.45. The number of benzene rings is 1. The van der Waals surface area contributed by atoms with E-state index in [0.29, 0.717) is 5.92 Å². The highest BCUT2D eigenvalue weighted by Crippen LogP contribution is 2.25. The van der Waals surface area contributed by atoms with Crippen molar-refractivity contribution in [3.63, 3.8) is 0 Å². The molecule has 1 saturated heterocycles. The van der Waals surface area contributed by atoms with Crippen LogP contribution in [0.3, 0.4) is 0 Å². The lowest BCUT2D eigenvalue weighted by Crippen LogP contribution is -2.28. The van der Waals surface area contributed by atoms with Crippen molar-refractivity contribution in [2.75, 3.05) is 13.1 Å². The first-order valence-electron chi connectivity index (χ1n) is 6.35. The number of piperidine rings is 1. The van der Waals surface area contributed by atoms with Crippen molar-refractivity contribution in [1.82, 2.24) is 15.5 Å². The second-order valence-corrected chi connectivity index (χ2v) is 4.76. The predicted molar refractivity (Wildman–Crippen MR) is 68.8 cm³/mol. The van der Waals surface area contributed by atoms with E-state index in [1.54, 1.807) is 6.07 Å². The molecule has 1 aliphatic heterocycles. The Labute approximate surface area is 105 Å². The number of rotatable bonds is 2. The summed E-state index contributed by atoms with van der Waals surface area (Å²) in [6.07, 6.45) is 2.37. The van der Waals surface area contributed by atoms with E-state index >= 15 is 0 Å². The molecule has 2 heterocycles. The third-order valence-electron chi connectivity index (χ3n) is 3.45. The van der Waals surface area contributed by atoms with Gasteiger partial charge in [0.2, 0.25) is 0 Å². The van der Waals surface area contributed by atoms with Gasteiger partial charge in [-0.2, -0.15) is 5.10 Å². The molecule has 2 N–H and O–H groups in total. The summed E-state index contributed by atoms with van der Waals surface area (Å²) in [5.74, 6) is 0.268. The molecule has 1 atom stereocenters. The molecular formula is C14H16FN3. The van der Waals surface area contributed by atoms with Gasteiger partial charge in [-0.3, -0.25) is 5.10 Å². The summed E-state index contributed by atoms with van der Waals surface area (Å²) in [5, 5.41) is 10.7. The number of hydrogen-bond donors (Lipinski definition) is 2. The van der Waals surface area contributed by atoms with Crippen LogP contribution in [0.4, 0.5) is 4.39 Å². The van der Waals surface area contributed by atoms with Crippen LogP contribution in [0, 0.1) is 5.82 Å². The zero-order chi connectivity index (χ0) is 12.4. The maximum absolute atomic E-state index is 13.2. The lowest BCUT2D eigenvalue weighted by molar-refractivity contribution is 0.454. The Kier molecular flexibility index (Phi) is 3.11. The third kappa shape index (κ3) is 2.29. The highest BCUT2D eigenvalue weighted by atomic mass is 19.1. The average molecular weight is 245 g/mol. The molecule has 1 fully saturated rings. The van der Waals surface area contributed by atoms with Gasteiger partial charge in [-0.15, -0.1) is 0 Å². The SMILES string of the molecule is Fc1cccc(-c2cc(C3CCCNC3)[nH]n2)c1. The van der Waals surface area contributed by atoms with Gasteiger partial charge in [-0.1, -0.05) is 12.1 Å². The van der Waals surface area contributed by atoms with Crippen LogP contribution in [0.5, 0.6) is 0 Å². The molecule has 2 aromatic rings. The molecule has 1 aromatic carbocycles. The Morgan fingerprint density at radius 3 is 3.00 bits per heavy atom. The standard InChI is InChI=1S/C14H16FN3/c15-12-5-1-3-10(7-12)13-8-14(18-17-13)11-4-2-6-16-9-11/h1,3,5,7-8,11,16H,2,4,6,9H2,(H,17,18). The summed E-state index contributed by atoms with van der Waals surface area (Å²) in [7, 11) is 0. The highest BCUT2D eigenvalue weighted by molar-refractivity contribution is 5.59. The monoisotopic (exact) mass is 245 g/mol. The first-order valence-corrected chi connectivity index (χ1v) is 6.35. The summed E-state index contributed by atoms with van der Waals surface area (Å²) < 4.78 is 13.2. The van der Waals surface area contributed by atoms with Crippen LogP contribution in [0.1, 0.15) is 24.5 Å². The van der Waals surface area contributed by atoms with Crippen molar-refractivity contribution in [2.45, 2.75) is 18.8 Å². The zero-order valence-electron chi connectivity index (χ0n) is 10.1. The van der Waals surface area contributed by atoms with Gasteiger partial charge in [0.1, 0.15) is 5.82 Å². The van der Waals surface area contributed by atoms with E-state index in [2.05, 4.69) is 15.5 Å². The number of aromatic amines is 1. The van der Waals surface area contributed by atoms with Gasteiger partial charge in [-0.25, -0.2) is 4.39 Å². The molecule has 0 amide bonds. The fourth-order valence-electron chi connectivity index (χ4n) is 2.46. The van der Waals surface area contributed by atoms with E-state index in [9.17, 15) is 4.39 Å². The summed E-state index contributed by atoms with van der Waals surface area (Å²) in [4.78, 5) is 0. The minimum absolute atomic E-state index is 0.226. The molecule has 0 bridgehead atoms. The van der Waals surface area contributed by atoms with Gasteiger partial charge in [0, 0.05) is 23.7 Å². The molecule has 3 nitrogen and oxygen atoms in total. The van der Waals surface area contributed by atoms with Gasteiger partial charge in [-0.05, 0) is 37.6 Å². The molecular weight excluding hydrogens is 229 g/mol. The molecule has 18 heavy (non-hydrogen) atoms. The van der Waals surface area contributed by atoms with E-state index < -0.39 is 0 Å². The van der Waals surface area contributed by atoms with Crippen LogP contribution in [0.15, 0.2) is 30.3 Å². The topological polar surface area (TPSA) is 40.7 Å². The van der Waals surface area contributed by atoms with Gasteiger partial charge in [0.15, 0.2) is 0 Å². The fourth-order valence-corrected chi connectivity index (χ4v) is 2.46. The maximum atomic E-state index is 13.2. The van der Waals surface area contributed by atoms with E-state index in [1.165, 1.54) is 25.0 Å². The van der Waals surface area contributed by atoms with E-state index in [0.717, 1.165) is 30.0 Å². The smallest absolute Gasteiger partial charge is 0.123 e. The fraction of sp³-hybridized carbons (Fsp3) is 0.357. The van der Waals surface area contributed by atoms with Gasteiger partial charge >= 0.3 is 0 Å². The van der Waals surface area contributed by atoms with Crippen LogP contribution >= 0.6 is 0 Å². The van der Waals surface area contributed by atoms with Crippen LogP contribution in [-0.4, -0.2) is 23.3 Å². The van der Waals surface area contributed by atoms with Crippen LogP contribution in [-0.2, 0) is 0 Å². The normalized spacial score (nSPS) is 19.9. The number of halogens is 1. The Bertz CT molecular complexity index is 529. The lowest BCUT2D eigenvalue weighted by atomic mass is 9.96. The minimum Gasteiger partial charge on any atom is -0.316 e. The molecule has 3 rings (SSSR count). The Balaban J connectivity index is 1.84. The summed E-state index contributed by atoms with van der Waals surface area (Å²) in [6, 6.07) is 8.58. The second kappa shape index (κ2) is 4.90. The molecule has 94 valence electrons. The number of nitrogens with one attached hydrogen (secondary N) is 2. The van der Waals surface area contributed by atoms with Crippen LogP contribution in [0.2, 0.25) is 0 Å². The Hall–Kier alpha value is -1.68. The van der Waals surface area contributed by atoms with E-state index in [4.69, 9.17) is 0 Å². The predicted octanol–water partition coefficient (Wildman–Crippen LogP) is 2.68. The van der Waals surface area contributed by atoms with Gasteiger partial charge in [0.05, 0.1) is 5.69 Å². The van der Waals surface area contributed by atoms with Crippen molar-refractivity contribution < 1.29 is 4.39 Å². The summed E-state index contributed by atoms with van der Waals surface area (Å²) >= 11 is 0. The first-order chi connectivity index (χ1) is 8.83. The summed E-state index contributed by atoms with van der Waals surface area (Å²) in [5.41, 5.74) is 2.78. The molecule has 0 spiro atoms. The average Bonchev–Trinajstić information content (AvgIpc) is 2.89. The summed E-state index contributed by atoms with van der Waals surface area (Å²) in [6.45, 7) is 2.09. The molecule has 0 radical (unpaired) electrons. The van der Waals surface area contributed by atoms with Crippen molar-refractivity contribution >= 4 is 0 Å². The second-order valence-electron chi connectivity index (χ2n) is 4.76. The number of hydrogen-bond acceptors (Lipinski definition) is 2. The molecule has 1 unspecified atom stereocenters. The highest BCUT2D eigenvalue weighted by Gasteiger charge is 2.17. The Morgan fingerprint density at radius 1 is 1.28 bits per heavy atom. The number of aromatic nitrogens is 2. The molecule has 0 saturated carbocycles. The van der Waals surface area contributed by atoms with Gasteiger partial charge in [0.25, 0.3) is 0 Å². The molecule has 0 aliphatic carbocycles. The van der Waals surface area contributed by atoms with Gasteiger partial charge < -0.3 is 5.32 Å². The first kappa shape index (κ1) is 11.4. The molecule has 1 aliphatic rings. The number of nitrogens with zero attached hydrogens (tertiary/aromatic N) is 1. The molecule has 1 aromatic heterocycles. The molecule has 4 heteroatoms. The van der Waals surface area contributed by atoms with E-state index in [-0.39, 0.29) is 5.82 Å². The quantitative estimate of drug-likeness (QED) is 0.854. The van der Waals surface area contributed by atoms with E-state index in [1.807, 2.05) is 12.1 Å². The van der Waals surface area contributed by atoms with Crippen molar-refractivity contribution in [1.29, 1.82) is 0 Å². The maximum Gasteiger partial charge on any atom is 0.123 e. The number of H-pyrrole nitrogens is 1. The minimum atomic E-state index is -0.226. The lowest BCUT2D eigenvalue weighted by Gasteiger charge is -2.21. The van der Waals surface area contributed by atoms with Crippen LogP contribution < -0.4 is 5.32 Å². The van der Waals surface area contributed by atoms with Crippen molar-refractivity contribution in [3.05, 3.63) is 41.8 Å².